The minimum absolute atomic E-state index is 0. The second kappa shape index (κ2) is 11.2. The van der Waals surface area contributed by atoms with E-state index in [1.54, 1.807) is 0 Å². The summed E-state index contributed by atoms with van der Waals surface area (Å²) < 4.78 is 11.6. The first-order valence-electron chi connectivity index (χ1n) is 9.02. The lowest BCUT2D eigenvalue weighted by Gasteiger charge is -2.13. The molecule has 29 heavy (non-hydrogen) atoms. The van der Waals surface area contributed by atoms with Crippen LogP contribution in [0.15, 0.2) is 45.9 Å². The number of aliphatic imine (C=N–C) groups is 1. The molecule has 0 unspecified atom stereocenters. The summed E-state index contributed by atoms with van der Waals surface area (Å²) in [5.41, 5.74) is 2.78. The molecule has 156 valence electrons. The molecule has 7 nitrogen and oxygen atoms in total. The molecule has 1 aliphatic heterocycles. The number of guanidine groups is 1. The van der Waals surface area contributed by atoms with Crippen molar-refractivity contribution in [2.24, 2.45) is 4.99 Å². The van der Waals surface area contributed by atoms with Gasteiger partial charge < -0.3 is 25.4 Å². The fourth-order valence-corrected chi connectivity index (χ4v) is 3.00. The van der Waals surface area contributed by atoms with E-state index in [-0.39, 0.29) is 43.2 Å². The summed E-state index contributed by atoms with van der Waals surface area (Å²) in [5, 5.41) is 9.10. The van der Waals surface area contributed by atoms with Gasteiger partial charge in [-0.1, -0.05) is 28.1 Å². The highest BCUT2D eigenvalue weighted by atomic mass is 127. The number of anilines is 1. The third-order valence-electron chi connectivity index (χ3n) is 4.09. The molecule has 1 aliphatic rings. The van der Waals surface area contributed by atoms with Crippen molar-refractivity contribution in [1.29, 1.82) is 0 Å². The third-order valence-corrected chi connectivity index (χ3v) is 4.58. The molecule has 9 heteroatoms. The van der Waals surface area contributed by atoms with Crippen LogP contribution in [-0.4, -0.2) is 31.7 Å². The molecular weight excluding hydrogens is 551 g/mol. The van der Waals surface area contributed by atoms with E-state index >= 15 is 0 Å². The minimum atomic E-state index is -0.144. The van der Waals surface area contributed by atoms with Crippen LogP contribution >= 0.6 is 39.9 Å². The summed E-state index contributed by atoms with van der Waals surface area (Å²) in [6.07, 6.45) is 0. The van der Waals surface area contributed by atoms with E-state index in [4.69, 9.17) is 9.47 Å². The summed E-state index contributed by atoms with van der Waals surface area (Å²) in [6, 6.07) is 11.5. The van der Waals surface area contributed by atoms with E-state index in [9.17, 15) is 4.79 Å². The normalized spacial score (nSPS) is 12.2. The average Bonchev–Trinajstić information content (AvgIpc) is 3.15. The Morgan fingerprint density at radius 3 is 2.72 bits per heavy atom. The number of aryl methyl sites for hydroxylation is 1. The van der Waals surface area contributed by atoms with Crippen LogP contribution in [0.2, 0.25) is 0 Å². The Balaban J connectivity index is 0.00000300. The van der Waals surface area contributed by atoms with E-state index in [0.717, 1.165) is 32.8 Å². The molecule has 0 spiro atoms. The molecule has 0 atom stereocenters. The molecule has 2 aromatic carbocycles. The number of carbonyl (C=O) groups is 1. The van der Waals surface area contributed by atoms with Gasteiger partial charge in [-0.15, -0.1) is 24.0 Å². The summed E-state index contributed by atoms with van der Waals surface area (Å²) in [4.78, 5) is 16.8. The highest BCUT2D eigenvalue weighted by molar-refractivity contribution is 14.0. The molecule has 0 saturated heterocycles. The highest BCUT2D eigenvalue weighted by Gasteiger charge is 2.13. The van der Waals surface area contributed by atoms with Gasteiger partial charge in [0, 0.05) is 16.7 Å². The topological polar surface area (TPSA) is 84.0 Å². The number of carbonyl (C=O) groups excluding carboxylic acids is 1. The number of benzene rings is 2. The Kier molecular flexibility index (Phi) is 9.02. The van der Waals surface area contributed by atoms with E-state index < -0.39 is 0 Å². The largest absolute Gasteiger partial charge is 0.454 e. The molecule has 3 rings (SSSR count). The first kappa shape index (κ1) is 23.3. The standard InChI is InChI=1S/C20H23BrN4O3.HI/c1-3-22-20(23-10-14-5-7-17-18(8-14)28-12-27-17)24-11-19(26)25-16-9-15(21)6-4-13(16)2;/h4-9H,3,10-12H2,1-2H3,(H,25,26)(H2,22,23,24);1H. The van der Waals surface area contributed by atoms with Gasteiger partial charge in [-0.3, -0.25) is 4.79 Å². The smallest absolute Gasteiger partial charge is 0.243 e. The Hall–Kier alpha value is -2.01. The molecular formula is C20H24BrIN4O3. The van der Waals surface area contributed by atoms with Crippen LogP contribution in [0.4, 0.5) is 5.69 Å². The number of fused-ring (bicyclic) bond motifs is 1. The molecule has 1 heterocycles. The van der Waals surface area contributed by atoms with E-state index in [1.165, 1.54) is 0 Å². The lowest BCUT2D eigenvalue weighted by Crippen LogP contribution is -2.41. The van der Waals surface area contributed by atoms with Gasteiger partial charge in [-0.2, -0.15) is 0 Å². The van der Waals surface area contributed by atoms with Crippen molar-refractivity contribution in [3.05, 3.63) is 52.0 Å². The maximum Gasteiger partial charge on any atom is 0.243 e. The van der Waals surface area contributed by atoms with Crippen molar-refractivity contribution in [2.45, 2.75) is 20.4 Å². The van der Waals surface area contributed by atoms with Crippen LogP contribution in [0.25, 0.3) is 0 Å². The van der Waals surface area contributed by atoms with Gasteiger partial charge in [0.05, 0.1) is 13.1 Å². The van der Waals surface area contributed by atoms with Crippen molar-refractivity contribution < 1.29 is 14.3 Å². The predicted octanol–water partition coefficient (Wildman–Crippen LogP) is 3.80. The molecule has 0 bridgehead atoms. The van der Waals surface area contributed by atoms with Crippen molar-refractivity contribution in [3.8, 4) is 11.5 Å². The molecule has 0 saturated carbocycles. The molecule has 3 N–H and O–H groups in total. The maximum absolute atomic E-state index is 12.3. The van der Waals surface area contributed by atoms with E-state index in [2.05, 4.69) is 36.9 Å². The van der Waals surface area contributed by atoms with Gasteiger partial charge in [-0.05, 0) is 49.2 Å². The number of ether oxygens (including phenoxy) is 2. The summed E-state index contributed by atoms with van der Waals surface area (Å²) in [5.74, 6) is 1.91. The zero-order chi connectivity index (χ0) is 19.9. The van der Waals surface area contributed by atoms with E-state index in [0.29, 0.717) is 19.0 Å². The molecule has 0 aliphatic carbocycles. The number of rotatable bonds is 6. The SMILES string of the molecule is CCNC(=NCc1ccc2c(c1)OCO2)NCC(=O)Nc1cc(Br)ccc1C.I. The van der Waals surface area contributed by atoms with Crippen LogP contribution < -0.4 is 25.4 Å². The maximum atomic E-state index is 12.3. The quantitative estimate of drug-likeness (QED) is 0.278. The van der Waals surface area contributed by atoms with Gasteiger partial charge >= 0.3 is 0 Å². The van der Waals surface area contributed by atoms with Crippen molar-refractivity contribution >= 4 is 57.5 Å². The summed E-state index contributed by atoms with van der Waals surface area (Å²) >= 11 is 3.42. The Morgan fingerprint density at radius 2 is 1.93 bits per heavy atom. The monoisotopic (exact) mass is 574 g/mol. The second-order valence-corrected chi connectivity index (χ2v) is 7.16. The predicted molar refractivity (Wildman–Crippen MR) is 128 cm³/mol. The van der Waals surface area contributed by atoms with Crippen molar-refractivity contribution in [3.63, 3.8) is 0 Å². The zero-order valence-electron chi connectivity index (χ0n) is 16.3. The third kappa shape index (κ3) is 6.77. The number of hydrogen-bond acceptors (Lipinski definition) is 4. The van der Waals surface area contributed by atoms with Crippen LogP contribution in [0.5, 0.6) is 11.5 Å². The van der Waals surface area contributed by atoms with Crippen LogP contribution in [-0.2, 0) is 11.3 Å². The molecule has 0 fully saturated rings. The van der Waals surface area contributed by atoms with E-state index in [1.807, 2.05) is 50.2 Å². The van der Waals surface area contributed by atoms with Crippen LogP contribution in [0.3, 0.4) is 0 Å². The second-order valence-electron chi connectivity index (χ2n) is 6.24. The number of halogens is 2. The fourth-order valence-electron chi connectivity index (χ4n) is 2.64. The van der Waals surface area contributed by atoms with Crippen LogP contribution in [0, 0.1) is 6.92 Å². The van der Waals surface area contributed by atoms with Gasteiger partial charge in [0.25, 0.3) is 0 Å². The Labute approximate surface area is 195 Å². The Bertz CT molecular complexity index is 892. The van der Waals surface area contributed by atoms with Gasteiger partial charge in [0.15, 0.2) is 17.5 Å². The van der Waals surface area contributed by atoms with Gasteiger partial charge in [0.1, 0.15) is 0 Å². The Morgan fingerprint density at radius 1 is 1.14 bits per heavy atom. The lowest BCUT2D eigenvalue weighted by molar-refractivity contribution is -0.115. The number of hydrogen-bond donors (Lipinski definition) is 3. The average molecular weight is 575 g/mol. The highest BCUT2D eigenvalue weighted by Crippen LogP contribution is 2.32. The molecule has 2 aromatic rings. The number of amides is 1. The lowest BCUT2D eigenvalue weighted by atomic mass is 10.2. The summed E-state index contributed by atoms with van der Waals surface area (Å²) in [6.45, 7) is 5.44. The molecule has 1 amide bonds. The first-order chi connectivity index (χ1) is 13.5. The van der Waals surface area contributed by atoms with Gasteiger partial charge in [-0.25, -0.2) is 4.99 Å². The number of nitrogens with one attached hydrogen (secondary N) is 3. The molecule has 0 radical (unpaired) electrons. The summed E-state index contributed by atoms with van der Waals surface area (Å²) in [7, 11) is 0. The van der Waals surface area contributed by atoms with Crippen molar-refractivity contribution in [1.82, 2.24) is 10.6 Å². The minimum Gasteiger partial charge on any atom is -0.454 e. The fraction of sp³-hybridized carbons (Fsp3) is 0.300. The first-order valence-corrected chi connectivity index (χ1v) is 9.81. The van der Waals surface area contributed by atoms with Crippen LogP contribution in [0.1, 0.15) is 18.1 Å². The molecule has 0 aromatic heterocycles. The van der Waals surface area contributed by atoms with Crippen molar-refractivity contribution in [2.75, 3.05) is 25.2 Å². The van der Waals surface area contributed by atoms with Gasteiger partial charge in [0.2, 0.25) is 12.7 Å². The number of nitrogens with zero attached hydrogens (tertiary/aromatic N) is 1. The zero-order valence-corrected chi connectivity index (χ0v) is 20.2.